The molecule has 174 valence electrons. The summed E-state index contributed by atoms with van der Waals surface area (Å²) >= 11 is 5.96. The largest absolute Gasteiger partial charge is 0.326 e. The highest BCUT2D eigenvalue weighted by atomic mass is 35.5. The van der Waals surface area contributed by atoms with Crippen LogP contribution in [-0.2, 0) is 11.4 Å². The number of urea groups is 1. The summed E-state index contributed by atoms with van der Waals surface area (Å²) in [4.78, 5) is 29.7. The first kappa shape index (κ1) is 23.4. The molecule has 3 aromatic carbocycles. The smallest absolute Gasteiger partial charge is 0.308 e. The number of allylic oxidation sites excluding steroid dienone is 1. The second-order valence-electron chi connectivity index (χ2n) is 7.58. The molecule has 34 heavy (non-hydrogen) atoms. The van der Waals surface area contributed by atoms with Gasteiger partial charge in [-0.25, -0.2) is 13.6 Å². The Morgan fingerprint density at radius 3 is 2.18 bits per heavy atom. The number of amides is 3. The van der Waals surface area contributed by atoms with E-state index in [1.165, 1.54) is 5.57 Å². The topological polar surface area (TPSA) is 79.5 Å². The van der Waals surface area contributed by atoms with Crippen LogP contribution in [0.4, 0.5) is 19.3 Å². The highest BCUT2D eigenvalue weighted by molar-refractivity contribution is 6.30. The van der Waals surface area contributed by atoms with Gasteiger partial charge in [0.25, 0.3) is 5.91 Å². The molecule has 4 rings (SSSR count). The quantitative estimate of drug-likeness (QED) is 0.371. The van der Waals surface area contributed by atoms with Gasteiger partial charge in [0.1, 0.15) is 17.2 Å². The first-order valence-electron chi connectivity index (χ1n) is 10.4. The van der Waals surface area contributed by atoms with Crippen molar-refractivity contribution in [1.82, 2.24) is 10.8 Å². The van der Waals surface area contributed by atoms with E-state index in [4.69, 9.17) is 16.4 Å². The molecule has 1 aliphatic rings. The average Bonchev–Trinajstić information content (AvgIpc) is 3.64. The van der Waals surface area contributed by atoms with E-state index in [0.29, 0.717) is 10.7 Å². The van der Waals surface area contributed by atoms with Crippen molar-refractivity contribution in [2.75, 3.05) is 5.32 Å². The molecule has 0 spiro atoms. The van der Waals surface area contributed by atoms with E-state index in [9.17, 15) is 18.4 Å². The van der Waals surface area contributed by atoms with Crippen molar-refractivity contribution >= 4 is 34.9 Å². The number of hydroxylamine groups is 1. The summed E-state index contributed by atoms with van der Waals surface area (Å²) in [5.41, 5.74) is 6.62. The first-order chi connectivity index (χ1) is 16.4. The molecule has 0 radical (unpaired) electrons. The number of nitrogens with one attached hydrogen (secondary N) is 3. The predicted molar refractivity (Wildman–Crippen MR) is 125 cm³/mol. The zero-order valence-corrected chi connectivity index (χ0v) is 18.6. The van der Waals surface area contributed by atoms with Crippen LogP contribution < -0.4 is 16.1 Å². The molecule has 1 aliphatic carbocycles. The Bertz CT molecular complexity index is 1220. The summed E-state index contributed by atoms with van der Waals surface area (Å²) in [6.07, 6.45) is 2.03. The van der Waals surface area contributed by atoms with Gasteiger partial charge in [-0.05, 0) is 65.9 Å². The molecule has 1 fully saturated rings. The molecule has 9 heteroatoms. The monoisotopic (exact) mass is 483 g/mol. The number of halogens is 3. The van der Waals surface area contributed by atoms with Crippen LogP contribution >= 0.6 is 11.6 Å². The lowest BCUT2D eigenvalue weighted by atomic mass is 10.1. The zero-order chi connectivity index (χ0) is 24.1. The molecular formula is C25H20ClF2N3O3. The third-order valence-electron chi connectivity index (χ3n) is 5.03. The van der Waals surface area contributed by atoms with Crippen molar-refractivity contribution in [3.05, 3.63) is 106 Å². The van der Waals surface area contributed by atoms with Gasteiger partial charge in [0.05, 0.1) is 12.3 Å². The maximum Gasteiger partial charge on any atom is 0.326 e. The highest BCUT2D eigenvalue weighted by Gasteiger charge is 2.20. The number of carbonyl (C=O) groups excluding carboxylic acids is 2. The van der Waals surface area contributed by atoms with Gasteiger partial charge in [-0.1, -0.05) is 41.9 Å². The Morgan fingerprint density at radius 2 is 1.56 bits per heavy atom. The predicted octanol–water partition coefficient (Wildman–Crippen LogP) is 5.81. The fraction of sp³-hybridized carbons (Fsp3) is 0.120. The van der Waals surface area contributed by atoms with Crippen molar-refractivity contribution in [2.24, 2.45) is 0 Å². The van der Waals surface area contributed by atoms with Crippen LogP contribution in [0.25, 0.3) is 5.70 Å². The van der Waals surface area contributed by atoms with Gasteiger partial charge in [0, 0.05) is 10.7 Å². The molecule has 3 N–H and O–H groups in total. The van der Waals surface area contributed by atoms with Crippen molar-refractivity contribution in [3.8, 4) is 0 Å². The first-order valence-corrected chi connectivity index (χ1v) is 10.8. The summed E-state index contributed by atoms with van der Waals surface area (Å²) in [6.45, 7) is 0.266. The molecule has 0 aromatic heterocycles. The standard InChI is InChI=1S/C25H20ClF2N3O3/c26-18-10-8-17(9-11-18)23(16-6-7-16)31-34-14-15-4-12-19(13-5-15)29-25(33)30-24(32)22-20(27)2-1-3-21(22)28/h1-5,8-13,31H,6-7,14H2,(H2,29,30,32,33). The van der Waals surface area contributed by atoms with E-state index >= 15 is 0 Å². The van der Waals surface area contributed by atoms with E-state index in [1.807, 2.05) is 29.6 Å². The normalized spacial score (nSPS) is 12.1. The number of benzene rings is 3. The molecule has 3 amide bonds. The zero-order valence-electron chi connectivity index (χ0n) is 17.8. The van der Waals surface area contributed by atoms with Crippen molar-refractivity contribution < 1.29 is 23.2 Å². The molecule has 0 bridgehead atoms. The molecule has 6 nitrogen and oxygen atoms in total. The van der Waals surface area contributed by atoms with E-state index in [0.717, 1.165) is 47.9 Å². The molecule has 0 aliphatic heterocycles. The second-order valence-corrected chi connectivity index (χ2v) is 8.01. The van der Waals surface area contributed by atoms with Crippen LogP contribution in [0.3, 0.4) is 0 Å². The molecule has 1 saturated carbocycles. The summed E-state index contributed by atoms with van der Waals surface area (Å²) < 4.78 is 27.4. The van der Waals surface area contributed by atoms with Crippen LogP contribution in [0, 0.1) is 11.6 Å². The minimum Gasteiger partial charge on any atom is -0.308 e. The maximum atomic E-state index is 13.7. The number of rotatable bonds is 7. The lowest BCUT2D eigenvalue weighted by Crippen LogP contribution is -2.35. The lowest BCUT2D eigenvalue weighted by Gasteiger charge is -2.12. The van der Waals surface area contributed by atoms with Crippen LogP contribution in [-0.4, -0.2) is 11.9 Å². The molecule has 0 heterocycles. The van der Waals surface area contributed by atoms with Gasteiger partial charge in [-0.3, -0.25) is 20.4 Å². The van der Waals surface area contributed by atoms with E-state index in [2.05, 4.69) is 10.8 Å². The van der Waals surface area contributed by atoms with Gasteiger partial charge >= 0.3 is 6.03 Å². The molecular weight excluding hydrogens is 464 g/mol. The van der Waals surface area contributed by atoms with Gasteiger partial charge in [-0.2, -0.15) is 0 Å². The Labute approximate surface area is 199 Å². The summed E-state index contributed by atoms with van der Waals surface area (Å²) in [6, 6.07) is 16.3. The minimum absolute atomic E-state index is 0.266. The van der Waals surface area contributed by atoms with Crippen LogP contribution in [0.15, 0.2) is 72.3 Å². The van der Waals surface area contributed by atoms with Crippen molar-refractivity contribution in [1.29, 1.82) is 0 Å². The highest BCUT2D eigenvalue weighted by Crippen LogP contribution is 2.35. The number of hydrogen-bond acceptors (Lipinski definition) is 4. The van der Waals surface area contributed by atoms with Gasteiger partial charge < -0.3 is 5.32 Å². The van der Waals surface area contributed by atoms with Gasteiger partial charge in [0.15, 0.2) is 0 Å². The lowest BCUT2D eigenvalue weighted by molar-refractivity contribution is 0.0644. The average molecular weight is 484 g/mol. The van der Waals surface area contributed by atoms with Crippen molar-refractivity contribution in [2.45, 2.75) is 19.4 Å². The fourth-order valence-electron chi connectivity index (χ4n) is 3.18. The molecule has 0 atom stereocenters. The van der Waals surface area contributed by atoms with Crippen molar-refractivity contribution in [3.63, 3.8) is 0 Å². The number of anilines is 1. The Kier molecular flexibility index (Phi) is 7.20. The van der Waals surface area contributed by atoms with E-state index in [1.54, 1.807) is 24.3 Å². The van der Waals surface area contributed by atoms with E-state index in [-0.39, 0.29) is 6.61 Å². The Balaban J connectivity index is 1.28. The van der Waals surface area contributed by atoms with Crippen LogP contribution in [0.1, 0.15) is 34.3 Å². The third-order valence-corrected chi connectivity index (χ3v) is 5.28. The SMILES string of the molecule is O=C(NC(=O)c1c(F)cccc1F)Nc1ccc(CONC(=C2CC2)c2ccc(Cl)cc2)cc1. The molecule has 0 unspecified atom stereocenters. The van der Waals surface area contributed by atoms with Crippen LogP contribution in [0.2, 0.25) is 5.02 Å². The third kappa shape index (κ3) is 5.98. The van der Waals surface area contributed by atoms with Gasteiger partial charge in [0.2, 0.25) is 0 Å². The summed E-state index contributed by atoms with van der Waals surface area (Å²) in [5.74, 6) is -3.29. The van der Waals surface area contributed by atoms with Crippen LogP contribution in [0.5, 0.6) is 0 Å². The summed E-state index contributed by atoms with van der Waals surface area (Å²) in [7, 11) is 0. The van der Waals surface area contributed by atoms with E-state index < -0.39 is 29.1 Å². The molecule has 3 aromatic rings. The Morgan fingerprint density at radius 1 is 0.912 bits per heavy atom. The Hall–Kier alpha value is -3.75. The second kappa shape index (κ2) is 10.5. The fourth-order valence-corrected chi connectivity index (χ4v) is 3.31. The number of imide groups is 1. The summed E-state index contributed by atoms with van der Waals surface area (Å²) in [5, 5.41) is 5.01. The number of carbonyl (C=O) groups is 2. The maximum absolute atomic E-state index is 13.7. The number of hydrogen-bond donors (Lipinski definition) is 3. The molecule has 0 saturated heterocycles. The minimum atomic E-state index is -1.18. The van der Waals surface area contributed by atoms with Gasteiger partial charge in [-0.15, -0.1) is 0 Å².